The van der Waals surface area contributed by atoms with Crippen LogP contribution in [0.15, 0.2) is 36.4 Å². The van der Waals surface area contributed by atoms with Crippen LogP contribution in [-0.2, 0) is 15.0 Å². The average molecular weight is 565 g/mol. The van der Waals surface area contributed by atoms with Gasteiger partial charge in [0.1, 0.15) is 5.82 Å². The monoisotopic (exact) mass is 563 g/mol. The number of halogens is 3. The second-order valence-corrected chi connectivity index (χ2v) is 12.6. The third kappa shape index (κ3) is 5.57. The topological polar surface area (TPSA) is 90.5 Å². The fraction of sp³-hybridized carbons (Fsp3) is 0.517. The van der Waals surface area contributed by atoms with Gasteiger partial charge in [-0.3, -0.25) is 9.59 Å². The predicted octanol–water partition coefficient (Wildman–Crippen LogP) is 5.55. The number of carbonyl (C=O) groups is 2. The largest absolute Gasteiger partial charge is 0.393 e. The van der Waals surface area contributed by atoms with Crippen LogP contribution in [0, 0.1) is 11.2 Å². The lowest BCUT2D eigenvalue weighted by molar-refractivity contribution is -0.128. The number of hydrogen-bond acceptors (Lipinski definition) is 4. The average Bonchev–Trinajstić information content (AvgIpc) is 3.10. The molecule has 1 aliphatic heterocycles. The number of aliphatic hydroxyl groups excluding tert-OH is 1. The molecule has 6 nitrogen and oxygen atoms in total. The molecule has 2 aliphatic rings. The predicted molar refractivity (Wildman–Crippen MR) is 149 cm³/mol. The summed E-state index contributed by atoms with van der Waals surface area (Å²) >= 11 is 12.5. The van der Waals surface area contributed by atoms with Gasteiger partial charge in [-0.1, -0.05) is 62.2 Å². The van der Waals surface area contributed by atoms with E-state index in [1.807, 2.05) is 20.8 Å². The Hall–Kier alpha value is -2.19. The van der Waals surface area contributed by atoms with Crippen LogP contribution in [-0.4, -0.2) is 42.2 Å². The molecule has 4 rings (SSSR count). The van der Waals surface area contributed by atoms with Crippen molar-refractivity contribution in [1.82, 2.24) is 10.6 Å². The van der Waals surface area contributed by atoms with Crippen molar-refractivity contribution in [1.29, 1.82) is 0 Å². The molecule has 0 saturated heterocycles. The molecule has 0 radical (unpaired) electrons. The van der Waals surface area contributed by atoms with E-state index in [0.717, 1.165) is 0 Å². The van der Waals surface area contributed by atoms with E-state index in [4.69, 9.17) is 23.2 Å². The molecule has 3 unspecified atom stereocenters. The van der Waals surface area contributed by atoms with Crippen molar-refractivity contribution in [3.8, 4) is 0 Å². The molecule has 2 aromatic rings. The molecule has 1 heterocycles. The normalized spacial score (nSPS) is 24.9. The summed E-state index contributed by atoms with van der Waals surface area (Å²) < 4.78 is 15.9. The van der Waals surface area contributed by atoms with E-state index >= 15 is 4.39 Å². The van der Waals surface area contributed by atoms with E-state index in [2.05, 4.69) is 16.0 Å². The number of rotatable bonds is 7. The number of benzene rings is 2. The van der Waals surface area contributed by atoms with Gasteiger partial charge in [0, 0.05) is 22.7 Å². The van der Waals surface area contributed by atoms with Crippen LogP contribution in [0.4, 0.5) is 10.1 Å². The number of amides is 2. The Kier molecular flexibility index (Phi) is 8.43. The highest BCUT2D eigenvalue weighted by Gasteiger charge is 2.58. The summed E-state index contributed by atoms with van der Waals surface area (Å²) in [5, 5.41) is 19.5. The summed E-state index contributed by atoms with van der Waals surface area (Å²) in [5.41, 5.74) is -0.276. The summed E-state index contributed by atoms with van der Waals surface area (Å²) in [5.74, 6) is -2.25. The highest BCUT2D eigenvalue weighted by atomic mass is 35.5. The second-order valence-electron chi connectivity index (χ2n) is 11.8. The van der Waals surface area contributed by atoms with Gasteiger partial charge in [-0.15, -0.1) is 0 Å². The number of carbonyl (C=O) groups excluding carboxylic acids is 2. The van der Waals surface area contributed by atoms with E-state index in [0.29, 0.717) is 48.4 Å². The lowest BCUT2D eigenvalue weighted by atomic mass is 9.59. The van der Waals surface area contributed by atoms with E-state index in [1.54, 1.807) is 37.4 Å². The Morgan fingerprint density at radius 3 is 2.50 bits per heavy atom. The van der Waals surface area contributed by atoms with Crippen molar-refractivity contribution >= 4 is 40.7 Å². The van der Waals surface area contributed by atoms with Crippen LogP contribution in [0.1, 0.15) is 69.9 Å². The summed E-state index contributed by atoms with van der Waals surface area (Å²) in [6.07, 6.45) is 2.47. The van der Waals surface area contributed by atoms with Gasteiger partial charge in [0.05, 0.1) is 22.6 Å². The maximum absolute atomic E-state index is 15.9. The van der Waals surface area contributed by atoms with E-state index < -0.39 is 23.2 Å². The molecule has 1 aliphatic carbocycles. The molecule has 206 valence electrons. The van der Waals surface area contributed by atoms with Crippen molar-refractivity contribution in [2.45, 2.75) is 82.4 Å². The molecule has 1 fully saturated rings. The summed E-state index contributed by atoms with van der Waals surface area (Å²) in [6, 6.07) is 8.81. The molecule has 0 bridgehead atoms. The van der Waals surface area contributed by atoms with Crippen LogP contribution >= 0.6 is 23.2 Å². The first kappa shape index (κ1) is 28.8. The zero-order chi connectivity index (χ0) is 27.8. The first-order valence-corrected chi connectivity index (χ1v) is 13.8. The van der Waals surface area contributed by atoms with Crippen LogP contribution in [0.25, 0.3) is 0 Å². The first-order valence-electron chi connectivity index (χ1n) is 13.1. The molecule has 2 amide bonds. The quantitative estimate of drug-likeness (QED) is 0.355. The third-order valence-electron chi connectivity index (χ3n) is 7.74. The molecular weight excluding hydrogens is 528 g/mol. The van der Waals surface area contributed by atoms with Crippen molar-refractivity contribution in [2.24, 2.45) is 5.41 Å². The smallest absolute Gasteiger partial charge is 0.238 e. The molecule has 4 N–H and O–H groups in total. The summed E-state index contributed by atoms with van der Waals surface area (Å²) in [4.78, 5) is 28.1. The molecule has 1 saturated carbocycles. The van der Waals surface area contributed by atoms with Gasteiger partial charge in [0.25, 0.3) is 0 Å². The minimum absolute atomic E-state index is 0.0790. The standard InChI is InChI=1S/C29H36Cl2FN3O3/c1-28(2,3)15-29(20-13-8-16(30)14-22(20)35-27(29)38)23(19-6-5-7-21(31)24(19)32)25(33-4)26(37)34-17-9-11-18(36)12-10-17/h5-8,13-14,17-18,23,25,33,36H,9-12,15H2,1-4H3,(H,34,37)(H,35,38). The molecule has 0 aromatic heterocycles. The van der Waals surface area contributed by atoms with Gasteiger partial charge in [-0.25, -0.2) is 4.39 Å². The summed E-state index contributed by atoms with van der Waals surface area (Å²) in [6.45, 7) is 6.05. The number of hydrogen-bond donors (Lipinski definition) is 4. The van der Waals surface area contributed by atoms with Gasteiger partial charge >= 0.3 is 0 Å². The highest BCUT2D eigenvalue weighted by Crippen LogP contribution is 2.55. The minimum Gasteiger partial charge on any atom is -0.393 e. The number of anilines is 1. The maximum Gasteiger partial charge on any atom is 0.238 e. The molecule has 3 atom stereocenters. The Bertz CT molecular complexity index is 1210. The number of fused-ring (bicyclic) bond motifs is 1. The minimum atomic E-state index is -1.31. The SMILES string of the molecule is CNC(C(=O)NC1CCC(O)CC1)C(c1cccc(Cl)c1F)C1(CC(C)(C)C)C(=O)Nc2cc(Cl)ccc21. The molecule has 9 heteroatoms. The van der Waals surface area contributed by atoms with E-state index in [-0.39, 0.29) is 40.0 Å². The number of likely N-dealkylation sites (N-methyl/N-ethyl adjacent to an activating group) is 1. The van der Waals surface area contributed by atoms with Crippen LogP contribution in [0.3, 0.4) is 0 Å². The van der Waals surface area contributed by atoms with Crippen LogP contribution in [0.5, 0.6) is 0 Å². The van der Waals surface area contributed by atoms with Crippen LogP contribution < -0.4 is 16.0 Å². The Morgan fingerprint density at radius 2 is 1.87 bits per heavy atom. The molecule has 2 aromatic carbocycles. The second kappa shape index (κ2) is 11.1. The third-order valence-corrected chi connectivity index (χ3v) is 8.27. The zero-order valence-corrected chi connectivity index (χ0v) is 23.7. The molecule has 0 spiro atoms. The Labute approximate surface area is 233 Å². The van der Waals surface area contributed by atoms with Gasteiger partial charge in [-0.05, 0) is 73.9 Å². The van der Waals surface area contributed by atoms with Gasteiger partial charge < -0.3 is 21.1 Å². The lowest BCUT2D eigenvalue weighted by Crippen LogP contribution is -2.57. The molecular formula is C29H36Cl2FN3O3. The van der Waals surface area contributed by atoms with E-state index in [9.17, 15) is 14.7 Å². The van der Waals surface area contributed by atoms with E-state index in [1.165, 1.54) is 6.07 Å². The first-order chi connectivity index (χ1) is 17.9. The van der Waals surface area contributed by atoms with Gasteiger partial charge in [0.15, 0.2) is 0 Å². The highest BCUT2D eigenvalue weighted by molar-refractivity contribution is 6.31. The molecule has 38 heavy (non-hydrogen) atoms. The van der Waals surface area contributed by atoms with Crippen molar-refractivity contribution in [2.75, 3.05) is 12.4 Å². The fourth-order valence-electron chi connectivity index (χ4n) is 6.25. The number of nitrogens with one attached hydrogen (secondary N) is 3. The van der Waals surface area contributed by atoms with Gasteiger partial charge in [0.2, 0.25) is 11.8 Å². The number of aliphatic hydroxyl groups is 1. The Morgan fingerprint density at radius 1 is 1.18 bits per heavy atom. The maximum atomic E-state index is 15.9. The Balaban J connectivity index is 1.91. The van der Waals surface area contributed by atoms with Crippen molar-refractivity contribution in [3.63, 3.8) is 0 Å². The lowest BCUT2D eigenvalue weighted by Gasteiger charge is -2.44. The fourth-order valence-corrected chi connectivity index (χ4v) is 6.60. The zero-order valence-electron chi connectivity index (χ0n) is 22.2. The van der Waals surface area contributed by atoms with Crippen molar-refractivity contribution < 1.29 is 19.1 Å². The van der Waals surface area contributed by atoms with Crippen molar-refractivity contribution in [3.05, 3.63) is 63.4 Å². The van der Waals surface area contributed by atoms with Crippen LogP contribution in [0.2, 0.25) is 10.0 Å². The summed E-state index contributed by atoms with van der Waals surface area (Å²) in [7, 11) is 1.64. The van der Waals surface area contributed by atoms with Gasteiger partial charge in [-0.2, -0.15) is 0 Å².